The van der Waals surface area contributed by atoms with Gasteiger partial charge in [0.25, 0.3) is 0 Å². The van der Waals surface area contributed by atoms with E-state index in [4.69, 9.17) is 11.6 Å². The highest BCUT2D eigenvalue weighted by atomic mass is 35.5. The van der Waals surface area contributed by atoms with Gasteiger partial charge in [0.05, 0.1) is 5.52 Å². The fourth-order valence-corrected chi connectivity index (χ4v) is 2.32. The summed E-state index contributed by atoms with van der Waals surface area (Å²) in [6.45, 7) is 4.03. The summed E-state index contributed by atoms with van der Waals surface area (Å²) in [4.78, 5) is 16.3. The summed E-state index contributed by atoms with van der Waals surface area (Å²) in [6.07, 6.45) is 1.87. The summed E-state index contributed by atoms with van der Waals surface area (Å²) in [5, 5.41) is 0.311. The fourth-order valence-electron chi connectivity index (χ4n) is 2.15. The first-order valence-corrected chi connectivity index (χ1v) is 6.06. The zero-order chi connectivity index (χ0) is 11.8. The van der Waals surface area contributed by atoms with E-state index in [-0.39, 0.29) is 0 Å². The van der Waals surface area contributed by atoms with Crippen molar-refractivity contribution in [3.63, 3.8) is 0 Å². The van der Waals surface area contributed by atoms with Crippen LogP contribution in [-0.2, 0) is 0 Å². The summed E-state index contributed by atoms with van der Waals surface area (Å²) >= 11 is 5.96. The van der Waals surface area contributed by atoms with Crippen LogP contribution in [0, 0.1) is 0 Å². The average molecular weight is 252 g/mol. The van der Waals surface area contributed by atoms with E-state index in [2.05, 4.69) is 31.8 Å². The first-order valence-electron chi connectivity index (χ1n) is 5.68. The van der Waals surface area contributed by atoms with Crippen molar-refractivity contribution in [3.05, 3.63) is 17.5 Å². The van der Waals surface area contributed by atoms with Gasteiger partial charge in [0.1, 0.15) is 5.52 Å². The lowest BCUT2D eigenvalue weighted by Crippen LogP contribution is -2.45. The van der Waals surface area contributed by atoms with Crippen LogP contribution in [0.1, 0.15) is 0 Å². The van der Waals surface area contributed by atoms with Gasteiger partial charge in [-0.25, -0.2) is 4.98 Å². The predicted molar refractivity (Wildman–Crippen MR) is 68.6 cm³/mol. The molecule has 0 radical (unpaired) electrons. The Balaban J connectivity index is 2.01. The number of H-pyrrole nitrogens is 1. The summed E-state index contributed by atoms with van der Waals surface area (Å²) in [5.41, 5.74) is 1.85. The van der Waals surface area contributed by atoms with Crippen LogP contribution in [0.25, 0.3) is 11.0 Å². The lowest BCUT2D eigenvalue weighted by atomic mass is 10.3. The predicted octanol–water partition coefficient (Wildman–Crippen LogP) is 1.36. The van der Waals surface area contributed by atoms with Gasteiger partial charge in [0, 0.05) is 32.4 Å². The Hall–Kier alpha value is -1.33. The molecule has 1 N–H and O–H groups in total. The van der Waals surface area contributed by atoms with Crippen LogP contribution in [-0.4, -0.2) is 53.1 Å². The molecule has 17 heavy (non-hydrogen) atoms. The molecule has 0 unspecified atom stereocenters. The minimum absolute atomic E-state index is 0.311. The van der Waals surface area contributed by atoms with Crippen molar-refractivity contribution < 1.29 is 0 Å². The minimum Gasteiger partial charge on any atom is -0.357 e. The number of likely N-dealkylation sites (N-methyl/N-ethyl adjacent to an activating group) is 1. The van der Waals surface area contributed by atoms with Crippen molar-refractivity contribution >= 4 is 28.5 Å². The molecule has 2 aromatic rings. The van der Waals surface area contributed by atoms with Crippen molar-refractivity contribution in [2.75, 3.05) is 38.1 Å². The number of nitrogens with one attached hydrogen (secondary N) is 1. The van der Waals surface area contributed by atoms with Gasteiger partial charge in [-0.1, -0.05) is 0 Å². The molecule has 0 aromatic carbocycles. The average Bonchev–Trinajstić information content (AvgIpc) is 2.77. The SMILES string of the molecule is CN1CCN(c2nc(Cl)nc3cc[nH]c23)CC1. The van der Waals surface area contributed by atoms with Gasteiger partial charge in [-0.15, -0.1) is 0 Å². The van der Waals surface area contributed by atoms with E-state index in [1.54, 1.807) is 0 Å². The fraction of sp³-hybridized carbons (Fsp3) is 0.455. The molecule has 6 heteroatoms. The van der Waals surface area contributed by atoms with Crippen LogP contribution in [0.4, 0.5) is 5.82 Å². The summed E-state index contributed by atoms with van der Waals surface area (Å²) in [6, 6.07) is 1.92. The highest BCUT2D eigenvalue weighted by molar-refractivity contribution is 6.28. The molecule has 0 atom stereocenters. The Kier molecular flexibility index (Phi) is 2.64. The van der Waals surface area contributed by atoms with E-state index < -0.39 is 0 Å². The van der Waals surface area contributed by atoms with Gasteiger partial charge in [0.2, 0.25) is 5.28 Å². The zero-order valence-electron chi connectivity index (χ0n) is 9.65. The van der Waals surface area contributed by atoms with Crippen molar-refractivity contribution in [1.29, 1.82) is 0 Å². The Morgan fingerprint density at radius 3 is 2.76 bits per heavy atom. The molecule has 0 aliphatic carbocycles. The lowest BCUT2D eigenvalue weighted by Gasteiger charge is -2.33. The van der Waals surface area contributed by atoms with Crippen molar-refractivity contribution in [3.8, 4) is 0 Å². The molecular formula is C11H14ClN5. The third kappa shape index (κ3) is 1.96. The van der Waals surface area contributed by atoms with Crippen LogP contribution in [0.2, 0.25) is 5.28 Å². The summed E-state index contributed by atoms with van der Waals surface area (Å²) < 4.78 is 0. The van der Waals surface area contributed by atoms with E-state index in [0.717, 1.165) is 43.0 Å². The second-order valence-electron chi connectivity index (χ2n) is 4.34. The van der Waals surface area contributed by atoms with Gasteiger partial charge >= 0.3 is 0 Å². The van der Waals surface area contributed by atoms with Crippen molar-refractivity contribution in [1.82, 2.24) is 19.9 Å². The summed E-state index contributed by atoms with van der Waals surface area (Å²) in [7, 11) is 2.13. The number of rotatable bonds is 1. The number of nitrogens with zero attached hydrogens (tertiary/aromatic N) is 4. The van der Waals surface area contributed by atoms with Crippen LogP contribution in [0.5, 0.6) is 0 Å². The Labute approximate surface area is 104 Å². The Morgan fingerprint density at radius 2 is 2.00 bits per heavy atom. The van der Waals surface area contributed by atoms with E-state index in [0.29, 0.717) is 5.28 Å². The first-order chi connectivity index (χ1) is 8.24. The second kappa shape index (κ2) is 4.16. The number of anilines is 1. The number of aromatic nitrogens is 3. The van der Waals surface area contributed by atoms with Crippen molar-refractivity contribution in [2.45, 2.75) is 0 Å². The van der Waals surface area contributed by atoms with Crippen molar-refractivity contribution in [2.24, 2.45) is 0 Å². The molecule has 0 bridgehead atoms. The molecule has 2 aromatic heterocycles. The van der Waals surface area contributed by atoms with E-state index in [1.165, 1.54) is 0 Å². The Morgan fingerprint density at radius 1 is 1.24 bits per heavy atom. The molecule has 1 aliphatic rings. The van der Waals surface area contributed by atoms with Crippen LogP contribution in [0.3, 0.4) is 0 Å². The molecule has 90 valence electrons. The van der Waals surface area contributed by atoms with Gasteiger partial charge in [-0.2, -0.15) is 4.98 Å². The molecule has 1 saturated heterocycles. The van der Waals surface area contributed by atoms with Gasteiger partial charge in [-0.05, 0) is 24.7 Å². The molecule has 0 spiro atoms. The number of fused-ring (bicyclic) bond motifs is 1. The molecule has 0 amide bonds. The zero-order valence-corrected chi connectivity index (χ0v) is 10.4. The van der Waals surface area contributed by atoms with Crippen LogP contribution < -0.4 is 4.90 Å². The van der Waals surface area contributed by atoms with Gasteiger partial charge in [0.15, 0.2) is 5.82 Å². The van der Waals surface area contributed by atoms with E-state index in [9.17, 15) is 0 Å². The molecular weight excluding hydrogens is 238 g/mol. The standard InChI is InChI=1S/C11H14ClN5/c1-16-4-6-17(7-5-16)10-9-8(2-3-13-9)14-11(12)15-10/h2-3,13H,4-7H2,1H3. The Bertz CT molecular complexity index is 530. The maximum absolute atomic E-state index is 5.96. The van der Waals surface area contributed by atoms with E-state index >= 15 is 0 Å². The van der Waals surface area contributed by atoms with Gasteiger partial charge < -0.3 is 14.8 Å². The quantitative estimate of drug-likeness (QED) is 0.778. The highest BCUT2D eigenvalue weighted by Crippen LogP contribution is 2.24. The number of hydrogen-bond acceptors (Lipinski definition) is 4. The lowest BCUT2D eigenvalue weighted by molar-refractivity contribution is 0.312. The highest BCUT2D eigenvalue weighted by Gasteiger charge is 2.19. The second-order valence-corrected chi connectivity index (χ2v) is 4.68. The third-order valence-electron chi connectivity index (χ3n) is 3.16. The number of piperazine rings is 1. The number of halogens is 1. The maximum atomic E-state index is 5.96. The third-order valence-corrected chi connectivity index (χ3v) is 3.33. The van der Waals surface area contributed by atoms with Crippen LogP contribution in [0.15, 0.2) is 12.3 Å². The molecule has 0 saturated carbocycles. The molecule has 1 fully saturated rings. The van der Waals surface area contributed by atoms with Crippen LogP contribution >= 0.6 is 11.6 Å². The molecule has 3 heterocycles. The number of hydrogen-bond donors (Lipinski definition) is 1. The molecule has 1 aliphatic heterocycles. The number of aromatic amines is 1. The molecule has 3 rings (SSSR count). The maximum Gasteiger partial charge on any atom is 0.225 e. The minimum atomic E-state index is 0.311. The van der Waals surface area contributed by atoms with E-state index in [1.807, 2.05) is 12.3 Å². The molecule has 5 nitrogen and oxygen atoms in total. The largest absolute Gasteiger partial charge is 0.357 e. The monoisotopic (exact) mass is 251 g/mol. The normalized spacial score (nSPS) is 17.9. The smallest absolute Gasteiger partial charge is 0.225 e. The van der Waals surface area contributed by atoms with Gasteiger partial charge in [-0.3, -0.25) is 0 Å². The first kappa shape index (κ1) is 10.8. The summed E-state index contributed by atoms with van der Waals surface area (Å²) in [5.74, 6) is 0.915. The topological polar surface area (TPSA) is 48.1 Å².